The third kappa shape index (κ3) is 10.2. The van der Waals surface area contributed by atoms with Crippen molar-refractivity contribution < 1.29 is 29.0 Å². The highest BCUT2D eigenvalue weighted by molar-refractivity contribution is 7.22. The molecule has 11 nitrogen and oxygen atoms in total. The number of para-hydroxylation sites is 1. The van der Waals surface area contributed by atoms with E-state index < -0.39 is 11.9 Å². The second-order valence-electron chi connectivity index (χ2n) is 14.0. The van der Waals surface area contributed by atoms with Gasteiger partial charge >= 0.3 is 11.9 Å². The number of carboxylic acid groups (broad SMARTS) is 1. The molecule has 0 saturated carbocycles. The van der Waals surface area contributed by atoms with Gasteiger partial charge in [0.1, 0.15) is 5.75 Å². The Morgan fingerprint density at radius 2 is 1.68 bits per heavy atom. The first-order chi connectivity index (χ1) is 27.8. The minimum atomic E-state index is -0.721. The molecule has 3 aromatic carbocycles. The second kappa shape index (κ2) is 19.0. The number of esters is 1. The maximum absolute atomic E-state index is 13.5. The molecule has 0 fully saturated rings. The van der Waals surface area contributed by atoms with E-state index in [1.54, 1.807) is 0 Å². The number of thiazole rings is 2. The Kier molecular flexibility index (Phi) is 13.2. The number of nitrogens with zero attached hydrogens (tertiary/aromatic N) is 4. The number of carboxylic acids is 1. The van der Waals surface area contributed by atoms with Crippen LogP contribution in [0, 0.1) is 0 Å². The van der Waals surface area contributed by atoms with E-state index in [2.05, 4.69) is 32.3 Å². The number of hydrogen-bond donors (Lipinski definition) is 2. The molecule has 0 bridgehead atoms. The maximum atomic E-state index is 13.5. The summed E-state index contributed by atoms with van der Waals surface area (Å²) < 4.78 is 12.2. The van der Waals surface area contributed by atoms with Crippen LogP contribution in [0.1, 0.15) is 87.4 Å². The summed E-state index contributed by atoms with van der Waals surface area (Å²) in [5.74, 6) is -0.632. The van der Waals surface area contributed by atoms with Crippen molar-refractivity contribution in [3.63, 3.8) is 0 Å². The van der Waals surface area contributed by atoms with Crippen LogP contribution in [0.2, 0.25) is 0 Å². The molecule has 2 N–H and O–H groups in total. The molecule has 0 spiro atoms. The Hall–Kier alpha value is -5.66. The highest BCUT2D eigenvalue weighted by atomic mass is 32.1. The third-order valence-corrected chi connectivity index (χ3v) is 12.1. The lowest BCUT2D eigenvalue weighted by atomic mass is 9.94. The monoisotopic (exact) mass is 803 g/mol. The summed E-state index contributed by atoms with van der Waals surface area (Å²) in [7, 11) is 1.37. The summed E-state index contributed by atoms with van der Waals surface area (Å²) in [6.07, 6.45) is 10.1. The molecule has 1 aliphatic rings. The predicted molar refractivity (Wildman–Crippen MR) is 225 cm³/mol. The fourth-order valence-corrected chi connectivity index (χ4v) is 8.95. The van der Waals surface area contributed by atoms with Crippen LogP contribution in [0.5, 0.6) is 5.75 Å². The van der Waals surface area contributed by atoms with Crippen molar-refractivity contribution >= 4 is 61.0 Å². The average molecular weight is 804 g/mol. The molecule has 57 heavy (non-hydrogen) atoms. The molecule has 7 rings (SSSR count). The van der Waals surface area contributed by atoms with Crippen LogP contribution in [0.15, 0.2) is 85.1 Å². The highest BCUT2D eigenvalue weighted by Gasteiger charge is 2.27. The molecule has 0 aliphatic carbocycles. The van der Waals surface area contributed by atoms with E-state index in [0.29, 0.717) is 48.9 Å². The van der Waals surface area contributed by atoms with Gasteiger partial charge in [-0.1, -0.05) is 60.9 Å². The smallest absolute Gasteiger partial charge is 0.357 e. The number of nitrogens with one attached hydrogen (secondary N) is 1. The van der Waals surface area contributed by atoms with Crippen LogP contribution in [0.3, 0.4) is 0 Å². The van der Waals surface area contributed by atoms with Crippen LogP contribution in [0.4, 0.5) is 10.3 Å². The molecule has 0 radical (unpaired) electrons. The zero-order valence-electron chi connectivity index (χ0n) is 31.9. The molecule has 294 valence electrons. The quantitative estimate of drug-likeness (QED) is 0.0637. The largest absolute Gasteiger partial charge is 0.494 e. The summed E-state index contributed by atoms with van der Waals surface area (Å²) >= 11 is 2.93. The van der Waals surface area contributed by atoms with Gasteiger partial charge in [-0.15, -0.1) is 11.3 Å². The zero-order valence-corrected chi connectivity index (χ0v) is 33.5. The van der Waals surface area contributed by atoms with Crippen molar-refractivity contribution in [3.8, 4) is 17.0 Å². The van der Waals surface area contributed by atoms with Gasteiger partial charge in [-0.25, -0.2) is 14.8 Å². The predicted octanol–water partition coefficient (Wildman–Crippen LogP) is 9.40. The van der Waals surface area contributed by atoms with Crippen molar-refractivity contribution in [2.75, 3.05) is 30.5 Å². The molecule has 1 aliphatic heterocycles. The highest BCUT2D eigenvalue weighted by Crippen LogP contribution is 2.34. The molecule has 3 aromatic heterocycles. The lowest BCUT2D eigenvalue weighted by Gasteiger charge is -2.29. The summed E-state index contributed by atoms with van der Waals surface area (Å²) in [5.41, 5.74) is 6.95. The first-order valence-corrected chi connectivity index (χ1v) is 21.0. The van der Waals surface area contributed by atoms with Crippen molar-refractivity contribution in [2.24, 2.45) is 0 Å². The van der Waals surface area contributed by atoms with Crippen molar-refractivity contribution in [3.05, 3.63) is 118 Å². The van der Waals surface area contributed by atoms with E-state index in [1.807, 2.05) is 72.9 Å². The fraction of sp³-hybridized carbons (Fsp3) is 0.318. The number of fused-ring (bicyclic) bond motifs is 2. The lowest BCUT2D eigenvalue weighted by molar-refractivity contribution is -0.137. The minimum absolute atomic E-state index is 0.199. The van der Waals surface area contributed by atoms with Gasteiger partial charge in [0.25, 0.3) is 5.91 Å². The van der Waals surface area contributed by atoms with Crippen LogP contribution in [-0.2, 0) is 35.3 Å². The number of carbonyl (C=O) groups is 3. The number of benzene rings is 3. The van der Waals surface area contributed by atoms with E-state index in [0.717, 1.165) is 93.3 Å². The molecule has 4 heterocycles. The van der Waals surface area contributed by atoms with Gasteiger partial charge in [-0.2, -0.15) is 0 Å². The number of aryl methyl sites for hydroxylation is 2. The molecular formula is C44H45N5O6S2. The number of amides is 1. The Morgan fingerprint density at radius 1 is 0.860 bits per heavy atom. The third-order valence-electron chi connectivity index (χ3n) is 10.0. The van der Waals surface area contributed by atoms with Gasteiger partial charge in [-0.3, -0.25) is 19.9 Å². The maximum Gasteiger partial charge on any atom is 0.357 e. The summed E-state index contributed by atoms with van der Waals surface area (Å²) in [6, 6.07) is 25.7. The van der Waals surface area contributed by atoms with Gasteiger partial charge in [0.05, 0.1) is 29.6 Å². The number of pyridine rings is 1. The van der Waals surface area contributed by atoms with E-state index in [1.165, 1.54) is 35.3 Å². The number of hydrogen-bond acceptors (Lipinski definition) is 11. The average Bonchev–Trinajstić information content (AvgIpc) is 3.86. The molecule has 0 unspecified atom stereocenters. The Balaban J connectivity index is 0.914. The van der Waals surface area contributed by atoms with Crippen LogP contribution >= 0.6 is 22.7 Å². The van der Waals surface area contributed by atoms with E-state index in [9.17, 15) is 14.4 Å². The van der Waals surface area contributed by atoms with E-state index in [-0.39, 0.29) is 12.3 Å². The number of carbonyl (C=O) groups excluding carboxylic acids is 2. The fourth-order valence-electron chi connectivity index (χ4n) is 6.97. The van der Waals surface area contributed by atoms with E-state index in [4.69, 9.17) is 19.6 Å². The number of methoxy groups -OCH3 is 1. The number of rotatable bonds is 18. The normalized spacial score (nSPS) is 12.3. The number of aliphatic carboxylic acids is 1. The molecular weight excluding hydrogens is 759 g/mol. The van der Waals surface area contributed by atoms with Gasteiger partial charge in [-0.05, 0) is 104 Å². The molecule has 0 saturated heterocycles. The van der Waals surface area contributed by atoms with Gasteiger partial charge < -0.3 is 19.5 Å². The molecule has 13 heteroatoms. The lowest BCUT2D eigenvalue weighted by Crippen LogP contribution is -2.32. The number of ether oxygens (including phenoxy) is 2. The van der Waals surface area contributed by atoms with E-state index >= 15 is 0 Å². The Bertz CT molecular complexity index is 2290. The molecule has 0 atom stereocenters. The van der Waals surface area contributed by atoms with Crippen LogP contribution in [0.25, 0.3) is 21.5 Å². The molecule has 6 aromatic rings. The van der Waals surface area contributed by atoms with Crippen LogP contribution < -0.4 is 15.0 Å². The minimum Gasteiger partial charge on any atom is -0.494 e. The molecule has 1 amide bonds. The van der Waals surface area contributed by atoms with Gasteiger partial charge in [0.2, 0.25) is 0 Å². The zero-order chi connectivity index (χ0) is 39.6. The Morgan fingerprint density at radius 3 is 2.47 bits per heavy atom. The van der Waals surface area contributed by atoms with Crippen molar-refractivity contribution in [1.29, 1.82) is 0 Å². The van der Waals surface area contributed by atoms with Gasteiger partial charge in [0.15, 0.2) is 16.0 Å². The van der Waals surface area contributed by atoms with Gasteiger partial charge in [0, 0.05) is 41.7 Å². The van der Waals surface area contributed by atoms with Crippen molar-refractivity contribution in [2.45, 2.75) is 70.8 Å². The summed E-state index contributed by atoms with van der Waals surface area (Å²) in [4.78, 5) is 54.0. The first kappa shape index (κ1) is 39.6. The standard InChI is InChI=1S/C44H45N5O6S2/c1-54-42(53)40-38(16-10-26-55-32-21-19-31(20-22-32)35-23-18-29(27-45-35)11-5-3-2-4-6-17-39(50)51)57-44(47-40)49-25-24-30-12-9-13-33(34(30)28-49)41(52)48-43-46-36-14-7-8-15-37(36)56-43/h7-9,12-15,18-23,27H,2-6,10-11,16-17,24-26,28H2,1H3,(H,50,51)(H,46,48,52). The Labute approximate surface area is 339 Å². The number of anilines is 2. The van der Waals surface area contributed by atoms with Crippen LogP contribution in [-0.4, -0.2) is 58.2 Å². The summed E-state index contributed by atoms with van der Waals surface area (Å²) in [5, 5.41) is 13.0. The topological polar surface area (TPSA) is 144 Å². The SMILES string of the molecule is COC(=O)c1nc(N2CCc3cccc(C(=O)Nc4nc5ccccc5s4)c3C2)sc1CCCOc1ccc(-c2ccc(CCCCCCCC(=O)O)cn2)cc1. The number of unbranched alkanes of at least 4 members (excludes halogenated alkanes) is 4. The number of aromatic nitrogens is 3. The van der Waals surface area contributed by atoms with Crippen molar-refractivity contribution in [1.82, 2.24) is 15.0 Å². The first-order valence-electron chi connectivity index (χ1n) is 19.3. The summed E-state index contributed by atoms with van der Waals surface area (Å²) in [6.45, 7) is 1.66. The second-order valence-corrected chi connectivity index (χ2v) is 16.1.